The lowest BCUT2D eigenvalue weighted by Gasteiger charge is -2.22. The van der Waals surface area contributed by atoms with Gasteiger partial charge in [0.1, 0.15) is 5.82 Å². The highest BCUT2D eigenvalue weighted by atomic mass is 16.6. The van der Waals surface area contributed by atoms with Crippen molar-refractivity contribution in [2.75, 3.05) is 11.1 Å². The van der Waals surface area contributed by atoms with E-state index in [2.05, 4.69) is 10.3 Å². The van der Waals surface area contributed by atoms with Crippen LogP contribution in [0.2, 0.25) is 0 Å². The second-order valence-electron chi connectivity index (χ2n) is 4.81. The van der Waals surface area contributed by atoms with Gasteiger partial charge in [-0.3, -0.25) is 10.1 Å². The van der Waals surface area contributed by atoms with Gasteiger partial charge in [0.25, 0.3) is 0 Å². The molecule has 2 unspecified atom stereocenters. The number of anilines is 2. The van der Waals surface area contributed by atoms with E-state index in [1.165, 1.54) is 12.1 Å². The topological polar surface area (TPSA) is 114 Å². The number of nitrogen functional groups attached to an aromatic ring is 1. The summed E-state index contributed by atoms with van der Waals surface area (Å²) in [6.07, 6.45) is 4.40. The fourth-order valence-electron chi connectivity index (χ4n) is 2.35. The number of pyridine rings is 1. The van der Waals surface area contributed by atoms with Gasteiger partial charge in [-0.1, -0.05) is 19.3 Å². The van der Waals surface area contributed by atoms with Gasteiger partial charge in [-0.15, -0.1) is 0 Å². The highest BCUT2D eigenvalue weighted by Gasteiger charge is 2.22. The summed E-state index contributed by atoms with van der Waals surface area (Å²) >= 11 is 0. The van der Waals surface area contributed by atoms with Crippen molar-refractivity contribution in [1.29, 1.82) is 0 Å². The van der Waals surface area contributed by atoms with E-state index in [4.69, 9.17) is 5.73 Å². The van der Waals surface area contributed by atoms with Crippen LogP contribution in [0, 0.1) is 10.1 Å². The van der Waals surface area contributed by atoms with Crippen molar-refractivity contribution in [2.45, 2.75) is 44.2 Å². The van der Waals surface area contributed by atoms with Gasteiger partial charge in [-0.25, -0.2) is 4.98 Å². The van der Waals surface area contributed by atoms with Crippen LogP contribution in [0.1, 0.15) is 32.1 Å². The molecule has 19 heavy (non-hydrogen) atoms. The van der Waals surface area contributed by atoms with Crippen LogP contribution in [0.3, 0.4) is 0 Å². The summed E-state index contributed by atoms with van der Waals surface area (Å²) in [5, 5.41) is 23.8. The maximum absolute atomic E-state index is 10.6. The van der Waals surface area contributed by atoms with Crippen LogP contribution in [0.5, 0.6) is 0 Å². The zero-order chi connectivity index (χ0) is 13.8. The number of aliphatic hydroxyl groups is 1. The smallest absolute Gasteiger partial charge is 0.311 e. The summed E-state index contributed by atoms with van der Waals surface area (Å²) in [5.41, 5.74) is 5.34. The number of aromatic nitrogens is 1. The Hall–Kier alpha value is -1.89. The Labute approximate surface area is 111 Å². The van der Waals surface area contributed by atoms with Gasteiger partial charge in [0.2, 0.25) is 5.82 Å². The molecule has 1 aromatic rings. The number of nitrogens with two attached hydrogens (primary N) is 1. The molecule has 7 nitrogen and oxygen atoms in total. The number of nitro groups is 1. The first-order chi connectivity index (χ1) is 9.08. The molecule has 0 spiro atoms. The Kier molecular flexibility index (Phi) is 4.16. The molecule has 2 rings (SSSR count). The van der Waals surface area contributed by atoms with Gasteiger partial charge in [0.15, 0.2) is 0 Å². The van der Waals surface area contributed by atoms with E-state index in [1.54, 1.807) is 0 Å². The van der Waals surface area contributed by atoms with E-state index in [0.29, 0.717) is 5.82 Å². The summed E-state index contributed by atoms with van der Waals surface area (Å²) in [5.74, 6) is 0.354. The molecule has 1 heterocycles. The molecular formula is C12H18N4O3. The molecule has 1 aliphatic rings. The second kappa shape index (κ2) is 5.83. The average Bonchev–Trinajstić information content (AvgIpc) is 2.55. The lowest BCUT2D eigenvalue weighted by molar-refractivity contribution is -0.384. The molecule has 1 aliphatic carbocycles. The van der Waals surface area contributed by atoms with Crippen molar-refractivity contribution >= 4 is 17.3 Å². The Morgan fingerprint density at radius 1 is 1.37 bits per heavy atom. The Bertz CT molecular complexity index is 466. The van der Waals surface area contributed by atoms with Crippen LogP contribution in [-0.2, 0) is 0 Å². The van der Waals surface area contributed by atoms with E-state index in [0.717, 1.165) is 32.1 Å². The van der Waals surface area contributed by atoms with E-state index in [-0.39, 0.29) is 17.5 Å². The molecule has 0 aromatic carbocycles. The van der Waals surface area contributed by atoms with Gasteiger partial charge in [0, 0.05) is 6.07 Å². The van der Waals surface area contributed by atoms with Crippen molar-refractivity contribution in [3.63, 3.8) is 0 Å². The Morgan fingerprint density at radius 3 is 2.79 bits per heavy atom. The number of rotatable bonds is 3. The first-order valence-corrected chi connectivity index (χ1v) is 6.43. The number of nitrogens with one attached hydrogen (secondary N) is 1. The maximum Gasteiger partial charge on any atom is 0.311 e. The largest absolute Gasteiger partial charge is 0.391 e. The van der Waals surface area contributed by atoms with E-state index < -0.39 is 11.0 Å². The average molecular weight is 266 g/mol. The summed E-state index contributed by atoms with van der Waals surface area (Å²) in [6.45, 7) is 0. The molecule has 1 saturated carbocycles. The predicted octanol–water partition coefficient (Wildman–Crippen LogP) is 1.68. The van der Waals surface area contributed by atoms with Crippen LogP contribution in [0.15, 0.2) is 12.1 Å². The fraction of sp³-hybridized carbons (Fsp3) is 0.583. The summed E-state index contributed by atoms with van der Waals surface area (Å²) in [6, 6.07) is 2.77. The SMILES string of the molecule is Nc1nc(NC2CCCCCC2O)ccc1[N+](=O)[O-]. The molecule has 0 amide bonds. The molecule has 1 aromatic heterocycles. The molecule has 2 atom stereocenters. The predicted molar refractivity (Wildman–Crippen MR) is 71.8 cm³/mol. The first-order valence-electron chi connectivity index (χ1n) is 6.43. The van der Waals surface area contributed by atoms with Gasteiger partial charge in [0.05, 0.1) is 17.1 Å². The summed E-state index contributed by atoms with van der Waals surface area (Å²) < 4.78 is 0. The van der Waals surface area contributed by atoms with Crippen molar-refractivity contribution < 1.29 is 10.0 Å². The van der Waals surface area contributed by atoms with Crippen molar-refractivity contribution in [3.05, 3.63) is 22.2 Å². The van der Waals surface area contributed by atoms with Crippen LogP contribution < -0.4 is 11.1 Å². The van der Waals surface area contributed by atoms with Crippen LogP contribution in [0.25, 0.3) is 0 Å². The molecule has 104 valence electrons. The third kappa shape index (κ3) is 3.31. The Morgan fingerprint density at radius 2 is 2.11 bits per heavy atom. The van der Waals surface area contributed by atoms with E-state index >= 15 is 0 Å². The second-order valence-corrected chi connectivity index (χ2v) is 4.81. The minimum Gasteiger partial charge on any atom is -0.391 e. The molecule has 0 bridgehead atoms. The van der Waals surface area contributed by atoms with E-state index in [1.807, 2.05) is 0 Å². The third-order valence-electron chi connectivity index (χ3n) is 3.41. The highest BCUT2D eigenvalue weighted by Crippen LogP contribution is 2.24. The highest BCUT2D eigenvalue weighted by molar-refractivity contribution is 5.57. The molecule has 0 aliphatic heterocycles. The van der Waals surface area contributed by atoms with Gasteiger partial charge in [-0.05, 0) is 18.9 Å². The summed E-state index contributed by atoms with van der Waals surface area (Å²) in [7, 11) is 0. The van der Waals surface area contributed by atoms with Crippen LogP contribution in [-0.4, -0.2) is 27.2 Å². The van der Waals surface area contributed by atoms with Crippen LogP contribution >= 0.6 is 0 Å². The maximum atomic E-state index is 10.6. The molecule has 0 saturated heterocycles. The van der Waals surface area contributed by atoms with E-state index in [9.17, 15) is 15.2 Å². The summed E-state index contributed by atoms with van der Waals surface area (Å²) in [4.78, 5) is 14.1. The molecular weight excluding hydrogens is 248 g/mol. The van der Waals surface area contributed by atoms with Gasteiger partial charge >= 0.3 is 5.69 Å². The van der Waals surface area contributed by atoms with Gasteiger partial charge in [-0.2, -0.15) is 0 Å². The Balaban J connectivity index is 2.10. The fourth-order valence-corrected chi connectivity index (χ4v) is 2.35. The first kappa shape index (κ1) is 13.5. The van der Waals surface area contributed by atoms with Crippen molar-refractivity contribution in [3.8, 4) is 0 Å². The van der Waals surface area contributed by atoms with Crippen LogP contribution in [0.4, 0.5) is 17.3 Å². The zero-order valence-corrected chi connectivity index (χ0v) is 10.6. The lowest BCUT2D eigenvalue weighted by atomic mass is 10.1. The van der Waals surface area contributed by atoms with Crippen molar-refractivity contribution in [2.24, 2.45) is 0 Å². The third-order valence-corrected chi connectivity index (χ3v) is 3.41. The van der Waals surface area contributed by atoms with Gasteiger partial charge < -0.3 is 16.2 Å². The number of aliphatic hydroxyl groups excluding tert-OH is 1. The molecule has 7 heteroatoms. The number of hydrogen-bond donors (Lipinski definition) is 3. The van der Waals surface area contributed by atoms with Crippen molar-refractivity contribution in [1.82, 2.24) is 4.98 Å². The normalized spacial score (nSPS) is 23.6. The molecule has 0 radical (unpaired) electrons. The number of hydrogen-bond acceptors (Lipinski definition) is 6. The molecule has 4 N–H and O–H groups in total. The number of nitrogens with zero attached hydrogens (tertiary/aromatic N) is 2. The zero-order valence-electron chi connectivity index (χ0n) is 10.6. The lowest BCUT2D eigenvalue weighted by Crippen LogP contribution is -2.32. The monoisotopic (exact) mass is 266 g/mol. The quantitative estimate of drug-likeness (QED) is 0.435. The molecule has 1 fully saturated rings. The standard InChI is InChI=1S/C12H18N4O3/c13-12-9(16(18)19)6-7-11(15-12)14-8-4-2-1-3-5-10(8)17/h6-8,10,17H,1-5H2,(H3,13,14,15). The minimum absolute atomic E-state index is 0.0733. The minimum atomic E-state index is -0.563.